The van der Waals surface area contributed by atoms with Crippen molar-refractivity contribution < 1.29 is 14.0 Å². The SMILES string of the molecule is CC1CC2C(=O)N(Cc3ccc(F)cc3CN)C(=O)C2C1. The van der Waals surface area contributed by atoms with Gasteiger partial charge in [-0.1, -0.05) is 13.0 Å². The van der Waals surface area contributed by atoms with E-state index in [0.29, 0.717) is 11.5 Å². The molecule has 0 bridgehead atoms. The van der Waals surface area contributed by atoms with E-state index in [2.05, 4.69) is 6.92 Å². The van der Waals surface area contributed by atoms with Crippen LogP contribution in [0.5, 0.6) is 0 Å². The molecule has 2 N–H and O–H groups in total. The molecule has 5 heteroatoms. The van der Waals surface area contributed by atoms with E-state index >= 15 is 0 Å². The summed E-state index contributed by atoms with van der Waals surface area (Å²) in [6.45, 7) is 2.47. The van der Waals surface area contributed by atoms with Crippen LogP contribution in [0.4, 0.5) is 4.39 Å². The van der Waals surface area contributed by atoms with Crippen molar-refractivity contribution in [1.29, 1.82) is 0 Å². The minimum atomic E-state index is -0.357. The third kappa shape index (κ3) is 2.35. The van der Waals surface area contributed by atoms with Crippen LogP contribution in [0.25, 0.3) is 0 Å². The van der Waals surface area contributed by atoms with Crippen LogP contribution in [0.3, 0.4) is 0 Å². The second-order valence-corrected chi connectivity index (χ2v) is 6.17. The maximum atomic E-state index is 13.2. The van der Waals surface area contributed by atoms with Gasteiger partial charge in [0.25, 0.3) is 0 Å². The number of nitrogens with two attached hydrogens (primary N) is 1. The van der Waals surface area contributed by atoms with Gasteiger partial charge in [0.1, 0.15) is 5.82 Å². The third-order valence-corrected chi connectivity index (χ3v) is 4.68. The Kier molecular flexibility index (Phi) is 3.53. The maximum Gasteiger partial charge on any atom is 0.233 e. The molecular formula is C16H19FN2O2. The van der Waals surface area contributed by atoms with Crippen LogP contribution >= 0.6 is 0 Å². The molecule has 2 unspecified atom stereocenters. The average molecular weight is 290 g/mol. The minimum absolute atomic E-state index is 0.0818. The van der Waals surface area contributed by atoms with Gasteiger partial charge in [0.05, 0.1) is 18.4 Å². The summed E-state index contributed by atoms with van der Waals surface area (Å²) in [6, 6.07) is 4.31. The summed E-state index contributed by atoms with van der Waals surface area (Å²) in [5.41, 5.74) is 7.00. The zero-order valence-corrected chi connectivity index (χ0v) is 12.0. The van der Waals surface area contributed by atoms with E-state index in [9.17, 15) is 14.0 Å². The molecule has 2 amide bonds. The Morgan fingerprint density at radius 3 is 2.38 bits per heavy atom. The molecule has 21 heavy (non-hydrogen) atoms. The highest BCUT2D eigenvalue weighted by Crippen LogP contribution is 2.43. The molecular weight excluding hydrogens is 271 g/mol. The van der Waals surface area contributed by atoms with Crippen LogP contribution in [0.2, 0.25) is 0 Å². The van der Waals surface area contributed by atoms with E-state index < -0.39 is 0 Å². The number of rotatable bonds is 3. The van der Waals surface area contributed by atoms with Crippen molar-refractivity contribution in [3.05, 3.63) is 35.1 Å². The van der Waals surface area contributed by atoms with Gasteiger partial charge in [-0.25, -0.2) is 4.39 Å². The van der Waals surface area contributed by atoms with Crippen LogP contribution in [-0.2, 0) is 22.7 Å². The lowest BCUT2D eigenvalue weighted by atomic mass is 10.00. The van der Waals surface area contributed by atoms with Crippen molar-refractivity contribution in [3.8, 4) is 0 Å². The summed E-state index contributed by atoms with van der Waals surface area (Å²) < 4.78 is 13.2. The minimum Gasteiger partial charge on any atom is -0.326 e. The number of hydrogen-bond acceptors (Lipinski definition) is 3. The molecule has 1 aromatic rings. The van der Waals surface area contributed by atoms with E-state index in [1.165, 1.54) is 17.0 Å². The van der Waals surface area contributed by atoms with Crippen molar-refractivity contribution in [2.24, 2.45) is 23.5 Å². The zero-order valence-electron chi connectivity index (χ0n) is 12.0. The Morgan fingerprint density at radius 1 is 1.19 bits per heavy atom. The predicted octanol–water partition coefficient (Wildman–Crippen LogP) is 1.82. The number of benzene rings is 1. The normalized spacial score (nSPS) is 28.3. The maximum absolute atomic E-state index is 13.2. The average Bonchev–Trinajstić information content (AvgIpc) is 2.94. The molecule has 1 aromatic carbocycles. The molecule has 0 radical (unpaired) electrons. The van der Waals surface area contributed by atoms with Crippen molar-refractivity contribution >= 4 is 11.8 Å². The summed E-state index contributed by atoms with van der Waals surface area (Å²) in [7, 11) is 0. The number of carbonyl (C=O) groups is 2. The highest BCUT2D eigenvalue weighted by atomic mass is 19.1. The van der Waals surface area contributed by atoms with Gasteiger partial charge >= 0.3 is 0 Å². The lowest BCUT2D eigenvalue weighted by molar-refractivity contribution is -0.141. The third-order valence-electron chi connectivity index (χ3n) is 4.68. The highest BCUT2D eigenvalue weighted by Gasteiger charge is 2.51. The molecule has 2 atom stereocenters. The number of amides is 2. The van der Waals surface area contributed by atoms with Gasteiger partial charge in [-0.15, -0.1) is 0 Å². The molecule has 0 spiro atoms. The van der Waals surface area contributed by atoms with Gasteiger partial charge in [0.15, 0.2) is 0 Å². The molecule has 1 saturated heterocycles. The molecule has 2 aliphatic rings. The number of carbonyl (C=O) groups excluding carboxylic acids is 2. The monoisotopic (exact) mass is 290 g/mol. The number of likely N-dealkylation sites (tertiary alicyclic amines) is 1. The van der Waals surface area contributed by atoms with Gasteiger partial charge in [-0.05, 0) is 42.0 Å². The highest BCUT2D eigenvalue weighted by molar-refractivity contribution is 6.05. The molecule has 1 aliphatic carbocycles. The fourth-order valence-electron chi connectivity index (χ4n) is 3.61. The Balaban J connectivity index is 1.83. The molecule has 4 nitrogen and oxygen atoms in total. The first-order chi connectivity index (χ1) is 10.0. The van der Waals surface area contributed by atoms with E-state index in [4.69, 9.17) is 5.73 Å². The van der Waals surface area contributed by atoms with Crippen molar-refractivity contribution in [2.75, 3.05) is 0 Å². The van der Waals surface area contributed by atoms with Crippen molar-refractivity contribution in [1.82, 2.24) is 4.90 Å². The Bertz CT molecular complexity index is 578. The van der Waals surface area contributed by atoms with Gasteiger partial charge in [0.2, 0.25) is 11.8 Å². The van der Waals surface area contributed by atoms with Crippen LogP contribution in [-0.4, -0.2) is 16.7 Å². The first-order valence-corrected chi connectivity index (χ1v) is 7.34. The summed E-state index contributed by atoms with van der Waals surface area (Å²) in [6.07, 6.45) is 1.58. The number of fused-ring (bicyclic) bond motifs is 1. The van der Waals surface area contributed by atoms with Gasteiger partial charge in [-0.3, -0.25) is 14.5 Å². The standard InChI is InChI=1S/C16H19FN2O2/c1-9-4-13-14(5-9)16(21)19(15(13)20)8-10-2-3-12(17)6-11(10)7-18/h2-3,6,9,13-14H,4-5,7-8,18H2,1H3. The summed E-state index contributed by atoms with van der Waals surface area (Å²) >= 11 is 0. The van der Waals surface area contributed by atoms with Crippen LogP contribution < -0.4 is 5.73 Å². The van der Waals surface area contributed by atoms with Gasteiger partial charge < -0.3 is 5.73 Å². The fraction of sp³-hybridized carbons (Fsp3) is 0.500. The largest absolute Gasteiger partial charge is 0.326 e. The quantitative estimate of drug-likeness (QED) is 0.864. The molecule has 1 heterocycles. The zero-order chi connectivity index (χ0) is 15.1. The second-order valence-electron chi connectivity index (χ2n) is 6.17. The summed E-state index contributed by atoms with van der Waals surface area (Å²) in [4.78, 5) is 26.2. The smallest absolute Gasteiger partial charge is 0.233 e. The topological polar surface area (TPSA) is 63.4 Å². The van der Waals surface area contributed by atoms with Crippen molar-refractivity contribution in [3.63, 3.8) is 0 Å². The fourth-order valence-corrected chi connectivity index (χ4v) is 3.61. The van der Waals surface area contributed by atoms with E-state index in [1.807, 2.05) is 0 Å². The second kappa shape index (κ2) is 5.22. The van der Waals surface area contributed by atoms with Crippen molar-refractivity contribution in [2.45, 2.75) is 32.9 Å². The molecule has 112 valence electrons. The van der Waals surface area contributed by atoms with Gasteiger partial charge in [-0.2, -0.15) is 0 Å². The number of hydrogen-bond donors (Lipinski definition) is 1. The summed E-state index contributed by atoms with van der Waals surface area (Å²) in [5.74, 6) is -0.406. The van der Waals surface area contributed by atoms with E-state index in [-0.39, 0.29) is 42.6 Å². The van der Waals surface area contributed by atoms with Crippen LogP contribution in [0.1, 0.15) is 30.9 Å². The van der Waals surface area contributed by atoms with Gasteiger partial charge in [0, 0.05) is 6.54 Å². The molecule has 1 aliphatic heterocycles. The van der Waals surface area contributed by atoms with Crippen LogP contribution in [0, 0.1) is 23.6 Å². The predicted molar refractivity (Wildman–Crippen MR) is 75.2 cm³/mol. The summed E-state index contributed by atoms with van der Waals surface area (Å²) in [5, 5.41) is 0. The first kappa shape index (κ1) is 14.2. The molecule has 3 rings (SSSR count). The Morgan fingerprint density at radius 2 is 1.81 bits per heavy atom. The lowest BCUT2D eigenvalue weighted by Crippen LogP contribution is -2.32. The van der Waals surface area contributed by atoms with Crippen LogP contribution in [0.15, 0.2) is 18.2 Å². The number of nitrogens with zero attached hydrogens (tertiary/aromatic N) is 1. The first-order valence-electron chi connectivity index (χ1n) is 7.34. The number of imide groups is 1. The lowest BCUT2D eigenvalue weighted by Gasteiger charge is -2.18. The molecule has 0 aromatic heterocycles. The van der Waals surface area contributed by atoms with E-state index in [1.54, 1.807) is 6.07 Å². The Hall–Kier alpha value is -1.75. The van der Waals surface area contributed by atoms with E-state index in [0.717, 1.165) is 18.4 Å². The number of halogens is 1. The Labute approximate surface area is 123 Å². The molecule has 2 fully saturated rings. The molecule has 1 saturated carbocycles.